The second-order valence-corrected chi connectivity index (χ2v) is 4.56. The first kappa shape index (κ1) is 12.0. The number of ether oxygens (including phenoxy) is 2. The lowest BCUT2D eigenvalue weighted by atomic mass is 10.1. The van der Waals surface area contributed by atoms with Gasteiger partial charge in [0, 0.05) is 19.6 Å². The van der Waals surface area contributed by atoms with Crippen LogP contribution in [0.5, 0.6) is 11.5 Å². The molecule has 6 heteroatoms. The Bertz CT molecular complexity index is 582. The van der Waals surface area contributed by atoms with Crippen LogP contribution in [0.4, 0.5) is 0 Å². The van der Waals surface area contributed by atoms with Crippen molar-refractivity contribution in [1.82, 2.24) is 20.3 Å². The highest BCUT2D eigenvalue weighted by atomic mass is 16.7. The first-order valence-electron chi connectivity index (χ1n) is 6.20. The van der Waals surface area contributed by atoms with Gasteiger partial charge in [0.1, 0.15) is 0 Å². The smallest absolute Gasteiger partial charge is 0.231 e. The summed E-state index contributed by atoms with van der Waals surface area (Å²) in [5.41, 5.74) is 2.21. The summed E-state index contributed by atoms with van der Waals surface area (Å²) in [5.74, 6) is 1.63. The summed E-state index contributed by atoms with van der Waals surface area (Å²) in [6.45, 7) is 3.14. The van der Waals surface area contributed by atoms with E-state index in [1.54, 1.807) is 10.9 Å². The van der Waals surface area contributed by atoms with Crippen molar-refractivity contribution in [2.45, 2.75) is 19.5 Å². The summed E-state index contributed by atoms with van der Waals surface area (Å²) in [7, 11) is 1.88. The maximum atomic E-state index is 5.38. The fraction of sp³-hybridized carbons (Fsp3) is 0.385. The maximum Gasteiger partial charge on any atom is 0.231 e. The van der Waals surface area contributed by atoms with Gasteiger partial charge in [-0.3, -0.25) is 4.68 Å². The number of hydrogen-bond acceptors (Lipinski definition) is 5. The Morgan fingerprint density at radius 3 is 3.00 bits per heavy atom. The quantitative estimate of drug-likeness (QED) is 0.900. The normalized spacial score (nSPS) is 14.6. The van der Waals surface area contributed by atoms with Gasteiger partial charge >= 0.3 is 0 Å². The van der Waals surface area contributed by atoms with Gasteiger partial charge < -0.3 is 14.8 Å². The first-order valence-corrected chi connectivity index (χ1v) is 6.20. The molecule has 0 saturated carbocycles. The van der Waals surface area contributed by atoms with Gasteiger partial charge in [0.25, 0.3) is 0 Å². The molecule has 0 saturated heterocycles. The third kappa shape index (κ3) is 2.39. The minimum Gasteiger partial charge on any atom is -0.454 e. The van der Waals surface area contributed by atoms with Gasteiger partial charge in [0.05, 0.1) is 11.9 Å². The molecule has 1 atom stereocenters. The molecule has 2 heterocycles. The van der Waals surface area contributed by atoms with Crippen molar-refractivity contribution in [2.75, 3.05) is 6.79 Å². The van der Waals surface area contributed by atoms with E-state index in [9.17, 15) is 0 Å². The van der Waals surface area contributed by atoms with Crippen molar-refractivity contribution in [3.05, 3.63) is 35.7 Å². The van der Waals surface area contributed by atoms with Gasteiger partial charge in [-0.1, -0.05) is 11.3 Å². The summed E-state index contributed by atoms with van der Waals surface area (Å²) >= 11 is 0. The van der Waals surface area contributed by atoms with E-state index in [1.807, 2.05) is 25.2 Å². The van der Waals surface area contributed by atoms with Crippen LogP contribution >= 0.6 is 0 Å². The molecule has 0 fully saturated rings. The van der Waals surface area contributed by atoms with Gasteiger partial charge in [0.2, 0.25) is 6.79 Å². The van der Waals surface area contributed by atoms with Crippen molar-refractivity contribution >= 4 is 0 Å². The monoisotopic (exact) mass is 260 g/mol. The Balaban J connectivity index is 1.67. The molecule has 0 bridgehead atoms. The zero-order valence-electron chi connectivity index (χ0n) is 11.0. The topological polar surface area (TPSA) is 61.2 Å². The Hall–Kier alpha value is -2.08. The number of hydrogen-bond donors (Lipinski definition) is 1. The molecule has 1 aromatic carbocycles. The van der Waals surface area contributed by atoms with Crippen LogP contribution in [0.2, 0.25) is 0 Å². The van der Waals surface area contributed by atoms with Crippen molar-refractivity contribution in [3.63, 3.8) is 0 Å². The lowest BCUT2D eigenvalue weighted by Crippen LogP contribution is -2.19. The Labute approximate surface area is 111 Å². The van der Waals surface area contributed by atoms with Crippen molar-refractivity contribution in [3.8, 4) is 11.5 Å². The average molecular weight is 260 g/mol. The zero-order chi connectivity index (χ0) is 13.2. The Morgan fingerprint density at radius 2 is 2.21 bits per heavy atom. The van der Waals surface area contributed by atoms with E-state index in [-0.39, 0.29) is 6.04 Å². The number of benzene rings is 1. The molecule has 1 aromatic heterocycles. The highest BCUT2D eigenvalue weighted by molar-refractivity contribution is 5.45. The fourth-order valence-corrected chi connectivity index (χ4v) is 2.03. The average Bonchev–Trinajstić information content (AvgIpc) is 3.03. The minimum atomic E-state index is 0.212. The van der Waals surface area contributed by atoms with Crippen molar-refractivity contribution in [2.24, 2.45) is 7.05 Å². The van der Waals surface area contributed by atoms with E-state index in [2.05, 4.69) is 22.6 Å². The molecule has 0 radical (unpaired) electrons. The summed E-state index contributed by atoms with van der Waals surface area (Å²) in [6.07, 6.45) is 1.76. The number of aryl methyl sites for hydroxylation is 1. The summed E-state index contributed by atoms with van der Waals surface area (Å²) in [5, 5.41) is 11.2. The molecule has 1 N–H and O–H groups in total. The van der Waals surface area contributed by atoms with Crippen LogP contribution in [0.3, 0.4) is 0 Å². The van der Waals surface area contributed by atoms with Crippen LogP contribution < -0.4 is 14.8 Å². The summed E-state index contributed by atoms with van der Waals surface area (Å²) < 4.78 is 12.5. The first-order chi connectivity index (χ1) is 9.24. The van der Waals surface area contributed by atoms with Crippen LogP contribution in [-0.2, 0) is 13.6 Å². The number of aromatic nitrogens is 3. The summed E-state index contributed by atoms with van der Waals surface area (Å²) in [6, 6.07) is 6.22. The molecular formula is C13H16N4O2. The number of nitrogens with zero attached hydrogens (tertiary/aromatic N) is 3. The molecule has 0 spiro atoms. The van der Waals surface area contributed by atoms with Crippen molar-refractivity contribution in [1.29, 1.82) is 0 Å². The molecule has 6 nitrogen and oxygen atoms in total. The molecule has 2 aromatic rings. The minimum absolute atomic E-state index is 0.212. The van der Waals surface area contributed by atoms with Crippen LogP contribution in [0.15, 0.2) is 24.4 Å². The van der Waals surface area contributed by atoms with Crippen LogP contribution in [0, 0.1) is 0 Å². The molecule has 1 unspecified atom stereocenters. The Morgan fingerprint density at radius 1 is 1.37 bits per heavy atom. The maximum absolute atomic E-state index is 5.38. The lowest BCUT2D eigenvalue weighted by molar-refractivity contribution is 0.174. The second-order valence-electron chi connectivity index (χ2n) is 4.56. The van der Waals surface area contributed by atoms with E-state index in [4.69, 9.17) is 9.47 Å². The van der Waals surface area contributed by atoms with Gasteiger partial charge in [-0.25, -0.2) is 0 Å². The fourth-order valence-electron chi connectivity index (χ4n) is 2.03. The summed E-state index contributed by atoms with van der Waals surface area (Å²) in [4.78, 5) is 0. The molecule has 0 aliphatic carbocycles. The third-order valence-electron chi connectivity index (χ3n) is 3.29. The van der Waals surface area contributed by atoms with Crippen LogP contribution in [0.1, 0.15) is 24.2 Å². The second kappa shape index (κ2) is 4.89. The number of nitrogens with one attached hydrogen (secondary N) is 1. The number of fused-ring (bicyclic) bond motifs is 1. The van der Waals surface area contributed by atoms with Crippen LogP contribution in [-0.4, -0.2) is 21.8 Å². The zero-order valence-corrected chi connectivity index (χ0v) is 11.0. The molecule has 0 amide bonds. The van der Waals surface area contributed by atoms with E-state index in [1.165, 1.54) is 5.56 Å². The standard InChI is InChI=1S/C13H16N4O2/c1-9(14-6-11-7-15-16-17(11)2)10-3-4-12-13(5-10)19-8-18-12/h3-5,7,9,14H,6,8H2,1-2H3. The highest BCUT2D eigenvalue weighted by Crippen LogP contribution is 2.34. The van der Waals surface area contributed by atoms with E-state index in [0.29, 0.717) is 6.79 Å². The lowest BCUT2D eigenvalue weighted by Gasteiger charge is -2.14. The van der Waals surface area contributed by atoms with Gasteiger partial charge in [-0.05, 0) is 24.6 Å². The van der Waals surface area contributed by atoms with Gasteiger partial charge in [-0.15, -0.1) is 5.10 Å². The molecular weight excluding hydrogens is 244 g/mol. The largest absolute Gasteiger partial charge is 0.454 e. The van der Waals surface area contributed by atoms with Gasteiger partial charge in [-0.2, -0.15) is 0 Å². The molecule has 1 aliphatic heterocycles. The van der Waals surface area contributed by atoms with E-state index < -0.39 is 0 Å². The molecule has 100 valence electrons. The predicted octanol–water partition coefficient (Wildman–Crippen LogP) is 1.39. The Kier molecular flexibility index (Phi) is 3.08. The third-order valence-corrected chi connectivity index (χ3v) is 3.29. The van der Waals surface area contributed by atoms with Crippen molar-refractivity contribution < 1.29 is 9.47 Å². The molecule has 1 aliphatic rings. The van der Waals surface area contributed by atoms with E-state index >= 15 is 0 Å². The van der Waals surface area contributed by atoms with Gasteiger partial charge in [0.15, 0.2) is 11.5 Å². The number of rotatable bonds is 4. The highest BCUT2D eigenvalue weighted by Gasteiger charge is 2.15. The van der Waals surface area contributed by atoms with Crippen LogP contribution in [0.25, 0.3) is 0 Å². The molecule has 19 heavy (non-hydrogen) atoms. The SMILES string of the molecule is CC(NCc1cnnn1C)c1ccc2c(c1)OCO2. The molecule has 3 rings (SSSR count). The van der Waals surface area contributed by atoms with E-state index in [0.717, 1.165) is 23.7 Å². The predicted molar refractivity (Wildman–Crippen MR) is 68.8 cm³/mol.